The largest absolute Gasteiger partial charge is 0.490 e. The summed E-state index contributed by atoms with van der Waals surface area (Å²) in [6, 6.07) is 4.33. The van der Waals surface area contributed by atoms with Gasteiger partial charge in [0.05, 0.1) is 17.4 Å². The van der Waals surface area contributed by atoms with Crippen LogP contribution in [0.2, 0.25) is 0 Å². The van der Waals surface area contributed by atoms with Gasteiger partial charge < -0.3 is 9.26 Å². The predicted octanol–water partition coefficient (Wildman–Crippen LogP) is 3.34. The van der Waals surface area contributed by atoms with E-state index in [0.29, 0.717) is 17.8 Å². The van der Waals surface area contributed by atoms with E-state index in [2.05, 4.69) is 10.1 Å². The minimum atomic E-state index is -0.520. The lowest BCUT2D eigenvalue weighted by Crippen LogP contribution is -1.94. The van der Waals surface area contributed by atoms with E-state index < -0.39 is 4.92 Å². The van der Waals surface area contributed by atoms with E-state index in [0.717, 1.165) is 0 Å². The van der Waals surface area contributed by atoms with E-state index in [1.165, 1.54) is 25.3 Å². The molecule has 0 saturated carbocycles. The number of benzene rings is 1. The zero-order valence-electron chi connectivity index (χ0n) is 10.9. The molecule has 1 aromatic carbocycles. The van der Waals surface area contributed by atoms with Crippen LogP contribution in [0, 0.1) is 10.1 Å². The van der Waals surface area contributed by atoms with Crippen molar-refractivity contribution >= 4 is 17.3 Å². The average Bonchev–Trinajstić information content (AvgIpc) is 2.95. The lowest BCUT2D eigenvalue weighted by Gasteiger charge is -2.02. The predicted molar refractivity (Wildman–Crippen MR) is 71.8 cm³/mol. The van der Waals surface area contributed by atoms with Gasteiger partial charge in [-0.25, -0.2) is 0 Å². The van der Waals surface area contributed by atoms with Gasteiger partial charge >= 0.3 is 5.69 Å². The third-order valence-corrected chi connectivity index (χ3v) is 3.21. The maximum atomic E-state index is 10.8. The zero-order valence-corrected chi connectivity index (χ0v) is 11.6. The highest BCUT2D eigenvalue weighted by molar-refractivity contribution is 6.20. The maximum absolute atomic E-state index is 10.8. The summed E-state index contributed by atoms with van der Waals surface area (Å²) in [5.74, 6) is 0.763. The third-order valence-electron chi connectivity index (χ3n) is 2.70. The summed E-state index contributed by atoms with van der Waals surface area (Å²) in [5, 5.41) is 14.3. The van der Waals surface area contributed by atoms with E-state index in [1.54, 1.807) is 0 Å². The molecule has 0 aliphatic rings. The number of halogens is 1. The second kappa shape index (κ2) is 5.87. The number of nitro groups is 1. The summed E-state index contributed by atoms with van der Waals surface area (Å²) in [5.41, 5.74) is 0.408. The third kappa shape index (κ3) is 2.72. The molecule has 0 saturated heterocycles. The van der Waals surface area contributed by atoms with Crippen LogP contribution in [-0.2, 0) is 0 Å². The molecule has 0 fully saturated rings. The number of hydrogen-bond acceptors (Lipinski definition) is 6. The average molecular weight is 298 g/mol. The summed E-state index contributed by atoms with van der Waals surface area (Å²) in [6.45, 7) is 1.91. The number of rotatable bonds is 5. The first-order valence-electron chi connectivity index (χ1n) is 5.87. The molecule has 0 amide bonds. The highest BCUT2D eigenvalue weighted by Gasteiger charge is 2.19. The number of aromatic nitrogens is 2. The Bertz CT molecular complexity index is 629. The molecular weight excluding hydrogens is 286 g/mol. The Balaban J connectivity index is 2.38. The highest BCUT2D eigenvalue weighted by Crippen LogP contribution is 2.32. The second-order valence-electron chi connectivity index (χ2n) is 3.98. The minimum absolute atomic E-state index is 0.125. The number of nitrogens with zero attached hydrogens (tertiary/aromatic N) is 3. The van der Waals surface area contributed by atoms with Gasteiger partial charge in [0.15, 0.2) is 11.6 Å². The van der Waals surface area contributed by atoms with Crippen molar-refractivity contribution in [2.75, 3.05) is 7.11 Å². The van der Waals surface area contributed by atoms with Crippen LogP contribution in [0.15, 0.2) is 22.7 Å². The molecule has 2 rings (SSSR count). The molecule has 7 nitrogen and oxygen atoms in total. The lowest BCUT2D eigenvalue weighted by molar-refractivity contribution is -0.385. The molecule has 0 radical (unpaired) electrons. The van der Waals surface area contributed by atoms with Gasteiger partial charge in [-0.1, -0.05) is 12.1 Å². The van der Waals surface area contributed by atoms with Crippen molar-refractivity contribution in [1.82, 2.24) is 10.1 Å². The first-order chi connectivity index (χ1) is 9.56. The number of alkyl halides is 1. The molecule has 0 aliphatic heterocycles. The number of methoxy groups -OCH3 is 1. The van der Waals surface area contributed by atoms with Crippen molar-refractivity contribution in [3.63, 3.8) is 0 Å². The van der Waals surface area contributed by atoms with Crippen molar-refractivity contribution in [2.45, 2.75) is 18.7 Å². The first-order valence-corrected chi connectivity index (χ1v) is 6.31. The van der Waals surface area contributed by atoms with Crippen LogP contribution >= 0.6 is 11.6 Å². The molecule has 20 heavy (non-hydrogen) atoms. The van der Waals surface area contributed by atoms with Crippen molar-refractivity contribution in [3.05, 3.63) is 34.1 Å². The highest BCUT2D eigenvalue weighted by atomic mass is 35.5. The van der Waals surface area contributed by atoms with Crippen LogP contribution < -0.4 is 4.74 Å². The quantitative estimate of drug-likeness (QED) is 0.477. The zero-order chi connectivity index (χ0) is 14.7. The Kier molecular flexibility index (Phi) is 4.19. The van der Waals surface area contributed by atoms with E-state index in [-0.39, 0.29) is 22.7 Å². The van der Waals surface area contributed by atoms with E-state index in [4.69, 9.17) is 20.9 Å². The molecule has 8 heteroatoms. The Morgan fingerprint density at radius 1 is 1.55 bits per heavy atom. The molecule has 1 heterocycles. The summed E-state index contributed by atoms with van der Waals surface area (Å²) in [4.78, 5) is 14.5. The van der Waals surface area contributed by atoms with Gasteiger partial charge in [-0.05, 0) is 12.5 Å². The van der Waals surface area contributed by atoms with Crippen molar-refractivity contribution < 1.29 is 14.2 Å². The molecule has 106 valence electrons. The fourth-order valence-electron chi connectivity index (χ4n) is 1.62. The van der Waals surface area contributed by atoms with E-state index in [1.807, 2.05) is 6.92 Å². The van der Waals surface area contributed by atoms with Crippen molar-refractivity contribution in [2.24, 2.45) is 0 Å². The summed E-state index contributed by atoms with van der Waals surface area (Å²) in [7, 11) is 1.36. The van der Waals surface area contributed by atoms with Crippen LogP contribution in [0.25, 0.3) is 11.5 Å². The number of ether oxygens (including phenoxy) is 1. The molecule has 1 aromatic heterocycles. The van der Waals surface area contributed by atoms with Gasteiger partial charge in [-0.3, -0.25) is 10.1 Å². The molecule has 0 aliphatic carbocycles. The summed E-state index contributed by atoms with van der Waals surface area (Å²) >= 11 is 6.02. The number of hydrogen-bond donors (Lipinski definition) is 0. The maximum Gasteiger partial charge on any atom is 0.310 e. The first kappa shape index (κ1) is 14.3. The van der Waals surface area contributed by atoms with Gasteiger partial charge in [0, 0.05) is 17.7 Å². The molecular formula is C12H12ClN3O4. The molecule has 0 bridgehead atoms. The monoisotopic (exact) mass is 297 g/mol. The SMILES string of the molecule is CCC(Cl)c1noc(-c2ccc([N+](=O)[O-])c(OC)c2)n1. The minimum Gasteiger partial charge on any atom is -0.490 e. The Morgan fingerprint density at radius 2 is 2.30 bits per heavy atom. The van der Waals surface area contributed by atoms with Crippen LogP contribution in [0.3, 0.4) is 0 Å². The summed E-state index contributed by atoms with van der Waals surface area (Å²) < 4.78 is 10.1. The van der Waals surface area contributed by atoms with Crippen molar-refractivity contribution in [1.29, 1.82) is 0 Å². The number of nitro benzene ring substituents is 1. The molecule has 1 atom stereocenters. The van der Waals surface area contributed by atoms with Crippen molar-refractivity contribution in [3.8, 4) is 17.2 Å². The molecule has 1 unspecified atom stereocenters. The van der Waals surface area contributed by atoms with Gasteiger partial charge in [0.1, 0.15) is 0 Å². The molecule has 0 spiro atoms. The van der Waals surface area contributed by atoms with Gasteiger partial charge in [0.25, 0.3) is 5.89 Å². The topological polar surface area (TPSA) is 91.3 Å². The lowest BCUT2D eigenvalue weighted by atomic mass is 10.2. The smallest absolute Gasteiger partial charge is 0.310 e. The van der Waals surface area contributed by atoms with Gasteiger partial charge in [-0.2, -0.15) is 4.98 Å². The van der Waals surface area contributed by atoms with E-state index in [9.17, 15) is 10.1 Å². The Labute approximate surface area is 119 Å². The van der Waals surface area contributed by atoms with Gasteiger partial charge in [0.2, 0.25) is 0 Å². The molecule has 2 aromatic rings. The summed E-state index contributed by atoms with van der Waals surface area (Å²) in [6.07, 6.45) is 0.671. The standard InChI is InChI=1S/C12H12ClN3O4/c1-3-8(13)11-14-12(20-15-11)7-4-5-9(16(17)18)10(6-7)19-2/h4-6,8H,3H2,1-2H3. The van der Waals surface area contributed by atoms with Crippen LogP contribution in [0.4, 0.5) is 5.69 Å². The van der Waals surface area contributed by atoms with Crippen LogP contribution in [0.1, 0.15) is 24.5 Å². The molecule has 0 N–H and O–H groups in total. The van der Waals surface area contributed by atoms with Crippen LogP contribution in [-0.4, -0.2) is 22.2 Å². The Morgan fingerprint density at radius 3 is 2.90 bits per heavy atom. The van der Waals surface area contributed by atoms with E-state index >= 15 is 0 Å². The van der Waals surface area contributed by atoms with Gasteiger partial charge in [-0.15, -0.1) is 11.6 Å². The second-order valence-corrected chi connectivity index (χ2v) is 4.50. The fourth-order valence-corrected chi connectivity index (χ4v) is 1.71. The van der Waals surface area contributed by atoms with Crippen LogP contribution in [0.5, 0.6) is 5.75 Å². The Hall–Kier alpha value is -2.15. The fraction of sp³-hybridized carbons (Fsp3) is 0.333. The normalized spacial score (nSPS) is 12.2.